The highest BCUT2D eigenvalue weighted by Gasteiger charge is 2.37. The van der Waals surface area contributed by atoms with Crippen LogP contribution >= 0.6 is 24.8 Å². The summed E-state index contributed by atoms with van der Waals surface area (Å²) in [5.41, 5.74) is 6.00. The molecule has 2 unspecified atom stereocenters. The van der Waals surface area contributed by atoms with Gasteiger partial charge in [-0.15, -0.1) is 24.8 Å². The third-order valence-corrected chi connectivity index (χ3v) is 4.63. The zero-order valence-electron chi connectivity index (χ0n) is 14.0. The molecule has 3 atom stereocenters. The average molecular weight is 342 g/mol. The van der Waals surface area contributed by atoms with Gasteiger partial charge in [0, 0.05) is 12.1 Å². The summed E-state index contributed by atoms with van der Waals surface area (Å²) >= 11 is 0. The van der Waals surface area contributed by atoms with Crippen molar-refractivity contribution in [1.29, 1.82) is 0 Å². The van der Waals surface area contributed by atoms with Gasteiger partial charge in [-0.2, -0.15) is 0 Å². The third-order valence-electron chi connectivity index (χ3n) is 4.63. The Hall–Kier alpha value is -0.0300. The summed E-state index contributed by atoms with van der Waals surface area (Å²) in [6.07, 6.45) is 4.85. The Morgan fingerprint density at radius 1 is 1.38 bits per heavy atom. The van der Waals surface area contributed by atoms with E-state index in [0.29, 0.717) is 6.54 Å². The quantitative estimate of drug-likeness (QED) is 0.807. The van der Waals surface area contributed by atoms with E-state index in [2.05, 4.69) is 31.2 Å². The van der Waals surface area contributed by atoms with Crippen LogP contribution < -0.4 is 11.1 Å². The zero-order valence-corrected chi connectivity index (χ0v) is 15.6. The molecule has 21 heavy (non-hydrogen) atoms. The number of carbonyl (C=O) groups excluding carboxylic acids is 1. The van der Waals surface area contributed by atoms with Gasteiger partial charge in [0.2, 0.25) is 5.91 Å². The summed E-state index contributed by atoms with van der Waals surface area (Å²) in [6, 6.07) is -0.403. The van der Waals surface area contributed by atoms with Crippen molar-refractivity contribution in [3.05, 3.63) is 0 Å². The van der Waals surface area contributed by atoms with Gasteiger partial charge >= 0.3 is 0 Å². The van der Waals surface area contributed by atoms with E-state index in [0.717, 1.165) is 18.8 Å². The van der Waals surface area contributed by atoms with E-state index in [9.17, 15) is 4.79 Å². The second kappa shape index (κ2) is 9.88. The maximum Gasteiger partial charge on any atom is 0.237 e. The maximum absolute atomic E-state index is 12.0. The normalized spacial score (nSPS) is 26.8. The number of amides is 1. The summed E-state index contributed by atoms with van der Waals surface area (Å²) < 4.78 is 0. The Morgan fingerprint density at radius 3 is 2.38 bits per heavy atom. The fraction of sp³-hybridized carbons (Fsp3) is 0.933. The number of hydrogen-bond donors (Lipinski definition) is 2. The summed E-state index contributed by atoms with van der Waals surface area (Å²) in [6.45, 7) is 6.98. The molecule has 0 aliphatic heterocycles. The van der Waals surface area contributed by atoms with Crippen molar-refractivity contribution in [2.75, 3.05) is 20.6 Å². The molecule has 1 fully saturated rings. The molecule has 0 saturated heterocycles. The minimum absolute atomic E-state index is 0. The monoisotopic (exact) mass is 341 g/mol. The molecular weight excluding hydrogens is 309 g/mol. The standard InChI is InChI=1S/C15H31N3O.2ClH/c1-11(2)13(16)14(19)17-10-15(18(4)5)8-6-7-12(3)9-15;;/h11-13H,6-10,16H2,1-5H3,(H,17,19);2*1H/t12?,13-,15?;;/m1../s1. The number of nitrogens with two attached hydrogens (primary N) is 1. The minimum Gasteiger partial charge on any atom is -0.353 e. The van der Waals surface area contributed by atoms with Crippen molar-refractivity contribution in [1.82, 2.24) is 10.2 Å². The van der Waals surface area contributed by atoms with Crippen molar-refractivity contribution >= 4 is 30.7 Å². The lowest BCUT2D eigenvalue weighted by Crippen LogP contribution is -2.57. The maximum atomic E-state index is 12.0. The number of carbonyl (C=O) groups is 1. The SMILES string of the molecule is CC1CCCC(CNC(=O)[C@H](N)C(C)C)(N(C)C)C1.Cl.Cl. The van der Waals surface area contributed by atoms with Crippen LogP contribution in [0.25, 0.3) is 0 Å². The Balaban J connectivity index is 0. The van der Waals surface area contributed by atoms with E-state index in [1.807, 2.05) is 13.8 Å². The van der Waals surface area contributed by atoms with Crippen molar-refractivity contribution in [2.45, 2.75) is 58.0 Å². The van der Waals surface area contributed by atoms with Gasteiger partial charge in [0.25, 0.3) is 0 Å². The number of nitrogens with zero attached hydrogens (tertiary/aromatic N) is 1. The predicted octanol–water partition coefficient (Wildman–Crippen LogP) is 2.44. The van der Waals surface area contributed by atoms with E-state index in [4.69, 9.17) is 5.73 Å². The lowest BCUT2D eigenvalue weighted by molar-refractivity contribution is -0.124. The predicted molar refractivity (Wildman–Crippen MR) is 94.4 cm³/mol. The van der Waals surface area contributed by atoms with Gasteiger partial charge < -0.3 is 16.0 Å². The van der Waals surface area contributed by atoms with Gasteiger partial charge in [-0.05, 0) is 38.8 Å². The first kappa shape index (κ1) is 23.2. The van der Waals surface area contributed by atoms with Crippen LogP contribution in [0.5, 0.6) is 0 Å². The number of nitrogens with one attached hydrogen (secondary N) is 1. The van der Waals surface area contributed by atoms with E-state index in [1.54, 1.807) is 0 Å². The molecule has 1 aliphatic carbocycles. The molecule has 1 aliphatic rings. The highest BCUT2D eigenvalue weighted by atomic mass is 35.5. The van der Waals surface area contributed by atoms with Gasteiger partial charge in [-0.25, -0.2) is 0 Å². The van der Waals surface area contributed by atoms with Crippen LogP contribution in [-0.2, 0) is 4.79 Å². The Labute approximate surface area is 142 Å². The first-order chi connectivity index (χ1) is 8.78. The van der Waals surface area contributed by atoms with Gasteiger partial charge in [0.15, 0.2) is 0 Å². The van der Waals surface area contributed by atoms with Crippen LogP contribution in [0.15, 0.2) is 0 Å². The fourth-order valence-electron chi connectivity index (χ4n) is 3.03. The molecule has 0 aromatic rings. The molecule has 3 N–H and O–H groups in total. The van der Waals surface area contributed by atoms with Crippen LogP contribution in [0, 0.1) is 11.8 Å². The molecule has 0 bridgehead atoms. The van der Waals surface area contributed by atoms with E-state index in [-0.39, 0.29) is 42.2 Å². The van der Waals surface area contributed by atoms with Crippen LogP contribution in [0.2, 0.25) is 0 Å². The highest BCUT2D eigenvalue weighted by Crippen LogP contribution is 2.35. The summed E-state index contributed by atoms with van der Waals surface area (Å²) in [5.74, 6) is 0.891. The first-order valence-corrected chi connectivity index (χ1v) is 7.49. The molecule has 0 heterocycles. The lowest BCUT2D eigenvalue weighted by Gasteiger charge is -2.45. The van der Waals surface area contributed by atoms with Crippen LogP contribution in [-0.4, -0.2) is 43.0 Å². The van der Waals surface area contributed by atoms with Crippen LogP contribution in [0.3, 0.4) is 0 Å². The molecule has 4 nitrogen and oxygen atoms in total. The second-order valence-electron chi connectivity index (χ2n) is 6.81. The number of rotatable bonds is 5. The molecule has 1 rings (SSSR count). The minimum atomic E-state index is -0.403. The zero-order chi connectivity index (χ0) is 14.6. The fourth-order valence-corrected chi connectivity index (χ4v) is 3.03. The van der Waals surface area contributed by atoms with E-state index < -0.39 is 6.04 Å². The molecular formula is C15H33Cl2N3O. The third kappa shape index (κ3) is 6.31. The smallest absolute Gasteiger partial charge is 0.237 e. The summed E-state index contributed by atoms with van der Waals surface area (Å²) in [5, 5.41) is 3.07. The van der Waals surface area contributed by atoms with Gasteiger partial charge in [-0.1, -0.05) is 33.6 Å². The lowest BCUT2D eigenvalue weighted by atomic mass is 9.75. The van der Waals surface area contributed by atoms with Gasteiger partial charge in [0.05, 0.1) is 6.04 Å². The first-order valence-electron chi connectivity index (χ1n) is 7.49. The van der Waals surface area contributed by atoms with Crippen molar-refractivity contribution < 1.29 is 4.79 Å². The van der Waals surface area contributed by atoms with Crippen molar-refractivity contribution in [2.24, 2.45) is 17.6 Å². The van der Waals surface area contributed by atoms with Crippen molar-refractivity contribution in [3.63, 3.8) is 0 Å². The van der Waals surface area contributed by atoms with Gasteiger partial charge in [-0.3, -0.25) is 4.79 Å². The van der Waals surface area contributed by atoms with Crippen molar-refractivity contribution in [3.8, 4) is 0 Å². The number of likely N-dealkylation sites (N-methyl/N-ethyl adjacent to an activating group) is 1. The van der Waals surface area contributed by atoms with E-state index in [1.165, 1.54) is 12.8 Å². The molecule has 6 heteroatoms. The Kier molecular flexibility index (Phi) is 10.9. The summed E-state index contributed by atoms with van der Waals surface area (Å²) in [4.78, 5) is 14.3. The Morgan fingerprint density at radius 2 is 1.95 bits per heavy atom. The second-order valence-corrected chi connectivity index (χ2v) is 6.81. The molecule has 0 spiro atoms. The number of hydrogen-bond acceptors (Lipinski definition) is 3. The topological polar surface area (TPSA) is 58.4 Å². The molecule has 0 aromatic heterocycles. The molecule has 1 saturated carbocycles. The largest absolute Gasteiger partial charge is 0.353 e. The summed E-state index contributed by atoms with van der Waals surface area (Å²) in [7, 11) is 4.24. The Bertz CT molecular complexity index is 313. The van der Waals surface area contributed by atoms with Crippen LogP contribution in [0.1, 0.15) is 46.5 Å². The molecule has 0 aromatic carbocycles. The number of halogens is 2. The molecule has 0 radical (unpaired) electrons. The van der Waals surface area contributed by atoms with E-state index >= 15 is 0 Å². The molecule has 128 valence electrons. The van der Waals surface area contributed by atoms with Gasteiger partial charge in [0.1, 0.15) is 0 Å². The molecule has 1 amide bonds. The van der Waals surface area contributed by atoms with Crippen LogP contribution in [0.4, 0.5) is 0 Å². The average Bonchev–Trinajstić information content (AvgIpc) is 2.34. The highest BCUT2D eigenvalue weighted by molar-refractivity contribution is 5.85.